The van der Waals surface area contributed by atoms with E-state index in [0.717, 1.165) is 5.56 Å². The lowest BCUT2D eigenvalue weighted by molar-refractivity contribution is -0.139. The van der Waals surface area contributed by atoms with Crippen molar-refractivity contribution in [1.29, 1.82) is 0 Å². The number of hydrogen-bond donors (Lipinski definition) is 2. The first-order valence-corrected chi connectivity index (χ1v) is 6.98. The molecule has 1 atom stereocenters. The Bertz CT molecular complexity index is 550. The third-order valence-corrected chi connectivity index (χ3v) is 3.58. The van der Waals surface area contributed by atoms with E-state index in [1.807, 2.05) is 13.0 Å². The summed E-state index contributed by atoms with van der Waals surface area (Å²) in [4.78, 5) is 24.6. The fourth-order valence-corrected chi connectivity index (χ4v) is 2.48. The predicted molar refractivity (Wildman–Crippen MR) is 78.8 cm³/mol. The zero-order valence-corrected chi connectivity index (χ0v) is 12.4. The van der Waals surface area contributed by atoms with Gasteiger partial charge in [0.1, 0.15) is 0 Å². The highest BCUT2D eigenvalue weighted by Gasteiger charge is 2.29. The molecule has 7 heteroatoms. The Hall–Kier alpha value is -1.79. The number of carbonyl (C=O) groups is 2. The fourth-order valence-electron chi connectivity index (χ4n) is 2.20. The Morgan fingerprint density at radius 2 is 2.29 bits per heavy atom. The number of rotatable bonds is 3. The molecule has 0 spiro atoms. The molecular weight excluding hydrogens is 296 g/mol. The van der Waals surface area contributed by atoms with Crippen molar-refractivity contribution < 1.29 is 19.4 Å². The van der Waals surface area contributed by atoms with Gasteiger partial charge in [0, 0.05) is 6.54 Å². The largest absolute Gasteiger partial charge is 0.481 e. The molecule has 1 aromatic carbocycles. The van der Waals surface area contributed by atoms with Gasteiger partial charge in [-0.25, -0.2) is 4.79 Å². The summed E-state index contributed by atoms with van der Waals surface area (Å²) in [6.07, 6.45) is -0.144. The van der Waals surface area contributed by atoms with Gasteiger partial charge in [0.05, 0.1) is 36.4 Å². The van der Waals surface area contributed by atoms with Gasteiger partial charge in [-0.3, -0.25) is 4.79 Å². The maximum Gasteiger partial charge on any atom is 0.322 e. The van der Waals surface area contributed by atoms with E-state index in [0.29, 0.717) is 23.9 Å². The molecule has 1 aliphatic rings. The second-order valence-corrected chi connectivity index (χ2v) is 5.34. The van der Waals surface area contributed by atoms with Crippen LogP contribution in [0.1, 0.15) is 12.0 Å². The van der Waals surface area contributed by atoms with Crippen molar-refractivity contribution in [1.82, 2.24) is 4.90 Å². The fraction of sp³-hybridized carbons (Fsp3) is 0.429. The molecule has 0 bridgehead atoms. The molecule has 21 heavy (non-hydrogen) atoms. The van der Waals surface area contributed by atoms with Crippen LogP contribution in [0.2, 0.25) is 5.02 Å². The van der Waals surface area contributed by atoms with Gasteiger partial charge in [-0.15, -0.1) is 0 Å². The van der Waals surface area contributed by atoms with E-state index >= 15 is 0 Å². The number of aryl methyl sites for hydroxylation is 1. The highest BCUT2D eigenvalue weighted by molar-refractivity contribution is 6.33. The molecule has 0 radical (unpaired) electrons. The van der Waals surface area contributed by atoms with E-state index < -0.39 is 12.0 Å². The number of nitrogens with zero attached hydrogens (tertiary/aromatic N) is 1. The minimum Gasteiger partial charge on any atom is -0.481 e. The molecule has 1 aliphatic heterocycles. The molecule has 1 saturated heterocycles. The number of ether oxygens (including phenoxy) is 1. The van der Waals surface area contributed by atoms with Crippen molar-refractivity contribution in [3.63, 3.8) is 0 Å². The lowest BCUT2D eigenvalue weighted by Gasteiger charge is -2.34. The van der Waals surface area contributed by atoms with Gasteiger partial charge < -0.3 is 20.1 Å². The molecule has 2 rings (SSSR count). The summed E-state index contributed by atoms with van der Waals surface area (Å²) in [5, 5.41) is 12.1. The van der Waals surface area contributed by atoms with E-state index in [2.05, 4.69) is 5.32 Å². The Balaban J connectivity index is 2.08. The van der Waals surface area contributed by atoms with Crippen LogP contribution in [-0.2, 0) is 9.53 Å². The van der Waals surface area contributed by atoms with Crippen molar-refractivity contribution in [2.24, 2.45) is 0 Å². The SMILES string of the molecule is Cc1ccc(NC(=O)N2CCOCC2CC(=O)O)c(Cl)c1. The van der Waals surface area contributed by atoms with Gasteiger partial charge in [-0.05, 0) is 24.6 Å². The van der Waals surface area contributed by atoms with Crippen LogP contribution in [0.3, 0.4) is 0 Å². The van der Waals surface area contributed by atoms with Gasteiger partial charge in [0.15, 0.2) is 0 Å². The maximum atomic E-state index is 12.3. The molecule has 2 amide bonds. The summed E-state index contributed by atoms with van der Waals surface area (Å²) >= 11 is 6.08. The van der Waals surface area contributed by atoms with Crippen LogP contribution in [0.5, 0.6) is 0 Å². The first kappa shape index (κ1) is 15.6. The highest BCUT2D eigenvalue weighted by atomic mass is 35.5. The van der Waals surface area contributed by atoms with E-state index in [1.54, 1.807) is 12.1 Å². The van der Waals surface area contributed by atoms with E-state index in [4.69, 9.17) is 21.4 Å². The molecule has 0 saturated carbocycles. The van der Waals surface area contributed by atoms with Gasteiger partial charge in [-0.1, -0.05) is 17.7 Å². The van der Waals surface area contributed by atoms with Crippen LogP contribution in [0.15, 0.2) is 18.2 Å². The number of morpholine rings is 1. The monoisotopic (exact) mass is 312 g/mol. The molecule has 1 unspecified atom stereocenters. The van der Waals surface area contributed by atoms with Crippen LogP contribution >= 0.6 is 11.6 Å². The zero-order valence-electron chi connectivity index (χ0n) is 11.6. The van der Waals surface area contributed by atoms with Gasteiger partial charge in [0.2, 0.25) is 0 Å². The predicted octanol–water partition coefficient (Wildman–Crippen LogP) is 2.36. The summed E-state index contributed by atoms with van der Waals surface area (Å²) in [6, 6.07) is 4.49. The number of carboxylic acid groups (broad SMARTS) is 1. The molecule has 6 nitrogen and oxygen atoms in total. The minimum absolute atomic E-state index is 0.144. The summed E-state index contributed by atoms with van der Waals surface area (Å²) in [5.74, 6) is -0.961. The first-order chi connectivity index (χ1) is 9.97. The molecular formula is C14H17ClN2O4. The molecule has 1 aromatic rings. The van der Waals surface area contributed by atoms with Gasteiger partial charge in [-0.2, -0.15) is 0 Å². The Kier molecular flexibility index (Phi) is 5.03. The molecule has 2 N–H and O–H groups in total. The highest BCUT2D eigenvalue weighted by Crippen LogP contribution is 2.23. The molecule has 0 aliphatic carbocycles. The summed E-state index contributed by atoms with van der Waals surface area (Å²) in [6.45, 7) is 2.88. The third kappa shape index (κ3) is 4.09. The number of anilines is 1. The molecule has 1 fully saturated rings. The number of hydrogen-bond acceptors (Lipinski definition) is 3. The first-order valence-electron chi connectivity index (χ1n) is 6.60. The van der Waals surface area contributed by atoms with E-state index in [9.17, 15) is 9.59 Å². The topological polar surface area (TPSA) is 78.9 Å². The van der Waals surface area contributed by atoms with Crippen LogP contribution < -0.4 is 5.32 Å². The summed E-state index contributed by atoms with van der Waals surface area (Å²) < 4.78 is 5.24. The number of aliphatic carboxylic acids is 1. The Morgan fingerprint density at radius 1 is 1.52 bits per heavy atom. The molecule has 114 valence electrons. The quantitative estimate of drug-likeness (QED) is 0.898. The normalized spacial score (nSPS) is 18.4. The number of amides is 2. The standard InChI is InChI=1S/C14H17ClN2O4/c1-9-2-3-12(11(15)6-9)16-14(20)17-4-5-21-8-10(17)7-13(18)19/h2-3,6,10H,4-5,7-8H2,1H3,(H,16,20)(H,18,19). The van der Waals surface area contributed by atoms with Crippen molar-refractivity contribution in [2.75, 3.05) is 25.1 Å². The smallest absolute Gasteiger partial charge is 0.322 e. The van der Waals surface area contributed by atoms with Gasteiger partial charge in [0.25, 0.3) is 0 Å². The lowest BCUT2D eigenvalue weighted by Crippen LogP contribution is -2.51. The number of halogens is 1. The Labute approximate surface area is 127 Å². The minimum atomic E-state index is -0.961. The van der Waals surface area contributed by atoms with E-state index in [1.165, 1.54) is 4.90 Å². The van der Waals surface area contributed by atoms with Crippen LogP contribution in [0.25, 0.3) is 0 Å². The van der Waals surface area contributed by atoms with Crippen molar-refractivity contribution in [3.05, 3.63) is 28.8 Å². The number of urea groups is 1. The number of nitrogens with one attached hydrogen (secondary N) is 1. The summed E-state index contributed by atoms with van der Waals surface area (Å²) in [5.41, 5.74) is 1.50. The second kappa shape index (κ2) is 6.78. The number of carboxylic acids is 1. The zero-order chi connectivity index (χ0) is 15.4. The Morgan fingerprint density at radius 3 is 2.95 bits per heavy atom. The lowest BCUT2D eigenvalue weighted by atomic mass is 10.1. The number of carbonyl (C=O) groups excluding carboxylic acids is 1. The van der Waals surface area contributed by atoms with E-state index in [-0.39, 0.29) is 19.1 Å². The average molecular weight is 313 g/mol. The van der Waals surface area contributed by atoms with Crippen LogP contribution in [0, 0.1) is 6.92 Å². The summed E-state index contributed by atoms with van der Waals surface area (Å²) in [7, 11) is 0. The average Bonchev–Trinajstić information content (AvgIpc) is 2.42. The molecule has 0 aromatic heterocycles. The maximum absolute atomic E-state index is 12.3. The van der Waals surface area contributed by atoms with Crippen LogP contribution in [-0.4, -0.2) is 47.8 Å². The molecule has 1 heterocycles. The van der Waals surface area contributed by atoms with Crippen molar-refractivity contribution in [2.45, 2.75) is 19.4 Å². The van der Waals surface area contributed by atoms with Crippen LogP contribution in [0.4, 0.5) is 10.5 Å². The van der Waals surface area contributed by atoms with Gasteiger partial charge >= 0.3 is 12.0 Å². The van der Waals surface area contributed by atoms with Crippen molar-refractivity contribution in [3.8, 4) is 0 Å². The number of benzene rings is 1. The third-order valence-electron chi connectivity index (χ3n) is 3.26. The second-order valence-electron chi connectivity index (χ2n) is 4.93. The van der Waals surface area contributed by atoms with Crippen molar-refractivity contribution >= 4 is 29.3 Å².